The Balaban J connectivity index is 1.35. The Morgan fingerprint density at radius 3 is 2.16 bits per heavy atom. The molecule has 3 aromatic rings. The van der Waals surface area contributed by atoms with Gasteiger partial charge in [-0.05, 0) is 56.7 Å². The van der Waals surface area contributed by atoms with Crippen molar-refractivity contribution in [3.8, 4) is 5.75 Å². The predicted molar refractivity (Wildman–Crippen MR) is 123 cm³/mol. The van der Waals surface area contributed by atoms with Gasteiger partial charge in [-0.25, -0.2) is 9.97 Å². The first-order chi connectivity index (χ1) is 15.4. The maximum atomic E-state index is 13.0. The van der Waals surface area contributed by atoms with Gasteiger partial charge in [-0.2, -0.15) is 0 Å². The van der Waals surface area contributed by atoms with Crippen molar-refractivity contribution in [3.63, 3.8) is 0 Å². The van der Waals surface area contributed by atoms with E-state index in [-0.39, 0.29) is 11.8 Å². The van der Waals surface area contributed by atoms with Crippen molar-refractivity contribution < 1.29 is 14.3 Å². The molecule has 1 saturated heterocycles. The summed E-state index contributed by atoms with van der Waals surface area (Å²) in [6.07, 6.45) is 0.350. The highest BCUT2D eigenvalue weighted by atomic mass is 16.5. The molecule has 0 aliphatic carbocycles. The smallest absolute Gasteiger partial charge is 0.254 e. The van der Waals surface area contributed by atoms with E-state index in [1.807, 2.05) is 56.0 Å². The molecule has 1 aliphatic heterocycles. The van der Waals surface area contributed by atoms with Crippen molar-refractivity contribution in [2.75, 3.05) is 32.8 Å². The number of piperazine rings is 1. The Morgan fingerprint density at radius 2 is 1.50 bits per heavy atom. The number of benzene rings is 2. The zero-order chi connectivity index (χ0) is 22.7. The number of aromatic nitrogens is 2. The summed E-state index contributed by atoms with van der Waals surface area (Å²) in [4.78, 5) is 38.4. The van der Waals surface area contributed by atoms with Crippen molar-refractivity contribution in [3.05, 3.63) is 65.0 Å². The number of carbonyl (C=O) groups excluding carboxylic acids is 2. The standard InChI is InChI=1S/C25H28N4O3/c1-4-32-21-8-5-19(6-9-21)15-24(30)28-11-13-29(14-12-28)25(31)20-7-10-22-23(16-20)27-18(3)17(2)26-22/h5-10,16H,4,11-15H2,1-3H3. The van der Waals surface area contributed by atoms with Crippen LogP contribution < -0.4 is 4.74 Å². The summed E-state index contributed by atoms with van der Waals surface area (Å²) in [6.45, 7) is 8.51. The summed E-state index contributed by atoms with van der Waals surface area (Å²) in [5.41, 5.74) is 4.82. The quantitative estimate of drug-likeness (QED) is 0.619. The van der Waals surface area contributed by atoms with Crippen LogP contribution in [0.1, 0.15) is 34.2 Å². The summed E-state index contributed by atoms with van der Waals surface area (Å²) in [5.74, 6) is 0.847. The second-order valence-corrected chi connectivity index (χ2v) is 8.02. The first-order valence-corrected chi connectivity index (χ1v) is 11.0. The number of aryl methyl sites for hydroxylation is 2. The van der Waals surface area contributed by atoms with E-state index in [4.69, 9.17) is 4.74 Å². The van der Waals surface area contributed by atoms with Crippen molar-refractivity contribution in [2.45, 2.75) is 27.2 Å². The number of fused-ring (bicyclic) bond motifs is 1. The van der Waals surface area contributed by atoms with Crippen molar-refractivity contribution >= 4 is 22.8 Å². The molecule has 32 heavy (non-hydrogen) atoms. The molecule has 0 spiro atoms. The van der Waals surface area contributed by atoms with Gasteiger partial charge in [0.15, 0.2) is 0 Å². The Hall–Kier alpha value is -3.48. The molecular weight excluding hydrogens is 404 g/mol. The summed E-state index contributed by atoms with van der Waals surface area (Å²) in [7, 11) is 0. The predicted octanol–water partition coefficient (Wildman–Crippen LogP) is 3.17. The molecule has 0 radical (unpaired) electrons. The maximum Gasteiger partial charge on any atom is 0.254 e. The summed E-state index contributed by atoms with van der Waals surface area (Å²) in [5, 5.41) is 0. The maximum absolute atomic E-state index is 13.0. The van der Waals surface area contributed by atoms with Gasteiger partial charge in [0, 0.05) is 31.7 Å². The molecular formula is C25H28N4O3. The van der Waals surface area contributed by atoms with E-state index < -0.39 is 0 Å². The van der Waals surface area contributed by atoms with Gasteiger partial charge in [-0.3, -0.25) is 9.59 Å². The number of hydrogen-bond acceptors (Lipinski definition) is 5. The SMILES string of the molecule is CCOc1ccc(CC(=O)N2CCN(C(=O)c3ccc4nc(C)c(C)nc4c3)CC2)cc1. The molecule has 0 unspecified atom stereocenters. The molecule has 0 bridgehead atoms. The molecule has 0 atom stereocenters. The van der Waals surface area contributed by atoms with E-state index in [2.05, 4.69) is 9.97 Å². The lowest BCUT2D eigenvalue weighted by atomic mass is 10.1. The first kappa shape index (κ1) is 21.7. The number of carbonyl (C=O) groups is 2. The number of amides is 2. The van der Waals surface area contributed by atoms with Crippen molar-refractivity contribution in [1.29, 1.82) is 0 Å². The molecule has 2 heterocycles. The summed E-state index contributed by atoms with van der Waals surface area (Å²) < 4.78 is 5.45. The summed E-state index contributed by atoms with van der Waals surface area (Å²) in [6, 6.07) is 13.1. The third-order valence-electron chi connectivity index (χ3n) is 5.83. The van der Waals surface area contributed by atoms with Gasteiger partial charge in [0.1, 0.15) is 5.75 Å². The van der Waals surface area contributed by atoms with Gasteiger partial charge in [0.05, 0.1) is 35.4 Å². The van der Waals surface area contributed by atoms with E-state index in [9.17, 15) is 9.59 Å². The lowest BCUT2D eigenvalue weighted by Crippen LogP contribution is -2.51. The third-order valence-corrected chi connectivity index (χ3v) is 5.83. The van der Waals surface area contributed by atoms with Crippen LogP contribution in [0.3, 0.4) is 0 Å². The van der Waals surface area contributed by atoms with Crippen LogP contribution in [0.25, 0.3) is 11.0 Å². The highest BCUT2D eigenvalue weighted by Gasteiger charge is 2.25. The monoisotopic (exact) mass is 432 g/mol. The van der Waals surface area contributed by atoms with E-state index in [1.54, 1.807) is 17.0 Å². The fourth-order valence-electron chi connectivity index (χ4n) is 3.86. The van der Waals surface area contributed by atoms with Crippen LogP contribution in [0.2, 0.25) is 0 Å². The molecule has 7 heteroatoms. The number of ether oxygens (including phenoxy) is 1. The molecule has 166 valence electrons. The zero-order valence-electron chi connectivity index (χ0n) is 18.8. The van der Waals surface area contributed by atoms with Crippen LogP contribution in [0.4, 0.5) is 0 Å². The number of rotatable bonds is 5. The van der Waals surface area contributed by atoms with E-state index in [0.29, 0.717) is 44.8 Å². The molecule has 4 rings (SSSR count). The Kier molecular flexibility index (Phi) is 6.35. The number of nitrogens with zero attached hydrogens (tertiary/aromatic N) is 4. The Labute approximate surface area is 188 Å². The molecule has 0 N–H and O–H groups in total. The molecule has 0 saturated carbocycles. The second-order valence-electron chi connectivity index (χ2n) is 8.02. The van der Waals surface area contributed by atoms with E-state index in [0.717, 1.165) is 33.7 Å². The lowest BCUT2D eigenvalue weighted by molar-refractivity contribution is -0.131. The van der Waals surface area contributed by atoms with Crippen LogP contribution in [-0.2, 0) is 11.2 Å². The molecule has 2 aromatic carbocycles. The van der Waals surface area contributed by atoms with Crippen LogP contribution in [0.5, 0.6) is 5.75 Å². The first-order valence-electron chi connectivity index (χ1n) is 11.0. The third kappa shape index (κ3) is 4.72. The van der Waals surface area contributed by atoms with E-state index >= 15 is 0 Å². The molecule has 1 aliphatic rings. The zero-order valence-corrected chi connectivity index (χ0v) is 18.8. The van der Waals surface area contributed by atoms with Gasteiger partial charge < -0.3 is 14.5 Å². The molecule has 1 aromatic heterocycles. The van der Waals surface area contributed by atoms with Gasteiger partial charge >= 0.3 is 0 Å². The Bertz CT molecular complexity index is 1140. The molecule has 7 nitrogen and oxygen atoms in total. The van der Waals surface area contributed by atoms with Crippen LogP contribution in [0, 0.1) is 13.8 Å². The minimum absolute atomic E-state index is 0.0365. The topological polar surface area (TPSA) is 75.6 Å². The number of hydrogen-bond donors (Lipinski definition) is 0. The highest BCUT2D eigenvalue weighted by Crippen LogP contribution is 2.18. The average Bonchev–Trinajstić information content (AvgIpc) is 2.80. The molecule has 2 amide bonds. The van der Waals surface area contributed by atoms with Gasteiger partial charge in [-0.1, -0.05) is 12.1 Å². The van der Waals surface area contributed by atoms with E-state index in [1.165, 1.54) is 0 Å². The minimum Gasteiger partial charge on any atom is -0.494 e. The molecule has 1 fully saturated rings. The summed E-state index contributed by atoms with van der Waals surface area (Å²) >= 11 is 0. The van der Waals surface area contributed by atoms with Crippen molar-refractivity contribution in [1.82, 2.24) is 19.8 Å². The van der Waals surface area contributed by atoms with Gasteiger partial charge in [0.25, 0.3) is 5.91 Å². The van der Waals surface area contributed by atoms with Gasteiger partial charge in [-0.15, -0.1) is 0 Å². The van der Waals surface area contributed by atoms with Crippen LogP contribution in [0.15, 0.2) is 42.5 Å². The largest absolute Gasteiger partial charge is 0.494 e. The minimum atomic E-state index is -0.0365. The van der Waals surface area contributed by atoms with Gasteiger partial charge in [0.2, 0.25) is 5.91 Å². The normalized spacial score (nSPS) is 14.0. The second kappa shape index (κ2) is 9.34. The van der Waals surface area contributed by atoms with Crippen molar-refractivity contribution in [2.24, 2.45) is 0 Å². The lowest BCUT2D eigenvalue weighted by Gasteiger charge is -2.35. The fraction of sp³-hybridized carbons (Fsp3) is 0.360. The fourth-order valence-corrected chi connectivity index (χ4v) is 3.86. The van der Waals surface area contributed by atoms with Crippen LogP contribution >= 0.6 is 0 Å². The highest BCUT2D eigenvalue weighted by molar-refractivity contribution is 5.97. The van der Waals surface area contributed by atoms with Crippen LogP contribution in [-0.4, -0.2) is 64.4 Å². The average molecular weight is 433 g/mol. The Morgan fingerprint density at radius 1 is 0.875 bits per heavy atom.